The van der Waals surface area contributed by atoms with Crippen molar-refractivity contribution in [1.29, 1.82) is 0 Å². The number of thioether (sulfide) groups is 1. The molecule has 45 heavy (non-hydrogen) atoms. The van der Waals surface area contributed by atoms with E-state index in [1.807, 2.05) is 23.2 Å². The fourth-order valence-electron chi connectivity index (χ4n) is 4.66. The summed E-state index contributed by atoms with van der Waals surface area (Å²) in [6.07, 6.45) is 0.393. The summed E-state index contributed by atoms with van der Waals surface area (Å²) in [4.78, 5) is 38.3. The van der Waals surface area contributed by atoms with Gasteiger partial charge < -0.3 is 14.4 Å². The van der Waals surface area contributed by atoms with Gasteiger partial charge in [0.15, 0.2) is 0 Å². The molecule has 0 saturated carbocycles. The fourth-order valence-corrected chi connectivity index (χ4v) is 6.14. The molecule has 2 heterocycles. The molecule has 1 aromatic heterocycles. The predicted octanol–water partition coefficient (Wildman–Crippen LogP) is 7.66. The van der Waals surface area contributed by atoms with Gasteiger partial charge in [-0.3, -0.25) is 10.2 Å². The molecule has 1 saturated heterocycles. The third-order valence-electron chi connectivity index (χ3n) is 6.62. The highest BCUT2D eigenvalue weighted by atomic mass is 79.9. The number of carbonyl (C=O) groups is 2. The van der Waals surface area contributed by atoms with Gasteiger partial charge in [0.2, 0.25) is 5.96 Å². The maximum absolute atomic E-state index is 12.6. The van der Waals surface area contributed by atoms with Gasteiger partial charge >= 0.3 is 12.2 Å². The third kappa shape index (κ3) is 11.2. The summed E-state index contributed by atoms with van der Waals surface area (Å²) in [6, 6.07) is 23.0. The van der Waals surface area contributed by atoms with Crippen molar-refractivity contribution in [3.8, 4) is 0 Å². The molecule has 0 aliphatic carbocycles. The van der Waals surface area contributed by atoms with Gasteiger partial charge in [0.05, 0.1) is 5.25 Å². The summed E-state index contributed by atoms with van der Waals surface area (Å²) < 4.78 is 11.9. The minimum atomic E-state index is -0.772. The smallest absolute Gasteiger partial charge is 0.437 e. The molecule has 1 N–H and O–H groups in total. The number of alkyl carbamates (subject to hydrolysis) is 1. The number of benzene rings is 2. The van der Waals surface area contributed by atoms with Crippen molar-refractivity contribution < 1.29 is 19.1 Å². The summed E-state index contributed by atoms with van der Waals surface area (Å²) in [6.45, 7) is 13.8. The Labute approximate surface area is 278 Å². The predicted molar refractivity (Wildman–Crippen MR) is 182 cm³/mol. The van der Waals surface area contributed by atoms with E-state index in [9.17, 15) is 9.59 Å². The molecule has 2 amide bonds. The van der Waals surface area contributed by atoms with Crippen LogP contribution in [0.1, 0.15) is 63.5 Å². The number of aliphatic imine (C=N–C) groups is 1. The number of pyridine rings is 1. The van der Waals surface area contributed by atoms with Crippen LogP contribution in [0.2, 0.25) is 0 Å². The number of hydrogen-bond acceptors (Lipinski definition) is 7. The molecule has 1 atom stereocenters. The van der Waals surface area contributed by atoms with Gasteiger partial charge in [-0.05, 0) is 76.4 Å². The quantitative estimate of drug-likeness (QED) is 0.160. The second-order valence-corrected chi connectivity index (χ2v) is 14.7. The summed E-state index contributed by atoms with van der Waals surface area (Å²) in [5.74, 6) is 0.121. The van der Waals surface area contributed by atoms with E-state index in [4.69, 9.17) is 14.5 Å². The number of nitrogens with one attached hydrogen (secondary N) is 1. The lowest BCUT2D eigenvalue weighted by molar-refractivity contribution is 0.0550. The Kier molecular flexibility index (Phi) is 11.7. The summed E-state index contributed by atoms with van der Waals surface area (Å²) >= 11 is 5.31. The van der Waals surface area contributed by atoms with Crippen molar-refractivity contribution >= 4 is 45.8 Å². The van der Waals surface area contributed by atoms with Gasteiger partial charge in [-0.15, -0.1) is 4.99 Å². The van der Waals surface area contributed by atoms with E-state index in [1.54, 1.807) is 53.3 Å². The molecule has 1 fully saturated rings. The molecule has 9 nitrogen and oxygen atoms in total. The zero-order valence-electron chi connectivity index (χ0n) is 26.7. The lowest BCUT2D eigenvalue weighted by Crippen LogP contribution is -2.54. The normalized spacial score (nSPS) is 15.4. The zero-order valence-corrected chi connectivity index (χ0v) is 29.2. The number of hydrogen-bond donors (Lipinski definition) is 1. The maximum Gasteiger partial charge on any atom is 0.437 e. The Hall–Kier alpha value is -3.41. The second-order valence-electron chi connectivity index (χ2n) is 12.7. The van der Waals surface area contributed by atoms with Crippen molar-refractivity contribution in [3.05, 3.63) is 94.1 Å². The standard InChI is InChI=1S/C34H42BrN5O4S/c1-33(2,3)43-31(41)37-30(38-32(42)44-34(4,5)6)40-21-19-39(20-22-40)23-26-13-10-18-36-29(26)45-28(24-11-8-7-9-12-24)25-14-16-27(35)17-15-25/h7-18,28H,19-23H2,1-6H3,(H,37,38,41,42). The molecule has 4 rings (SSSR count). The number of piperazine rings is 1. The molecular weight excluding hydrogens is 654 g/mol. The first-order valence-corrected chi connectivity index (χ1v) is 16.6. The first-order valence-electron chi connectivity index (χ1n) is 15.0. The van der Waals surface area contributed by atoms with Crippen molar-refractivity contribution in [2.45, 2.75) is 69.6 Å². The van der Waals surface area contributed by atoms with E-state index in [2.05, 4.69) is 85.7 Å². The van der Waals surface area contributed by atoms with Crippen molar-refractivity contribution in [3.63, 3.8) is 0 Å². The van der Waals surface area contributed by atoms with Crippen LogP contribution >= 0.6 is 27.7 Å². The number of amides is 2. The molecule has 1 unspecified atom stereocenters. The molecule has 0 spiro atoms. The minimum Gasteiger partial charge on any atom is -0.444 e. The van der Waals surface area contributed by atoms with E-state index in [0.717, 1.165) is 15.1 Å². The van der Waals surface area contributed by atoms with Gasteiger partial charge in [0.1, 0.15) is 16.2 Å². The highest BCUT2D eigenvalue weighted by Crippen LogP contribution is 2.41. The van der Waals surface area contributed by atoms with Crippen LogP contribution in [0, 0.1) is 0 Å². The second kappa shape index (κ2) is 15.2. The Morgan fingerprint density at radius 1 is 0.889 bits per heavy atom. The highest BCUT2D eigenvalue weighted by molar-refractivity contribution is 9.10. The van der Waals surface area contributed by atoms with Crippen molar-refractivity contribution in [2.75, 3.05) is 26.2 Å². The van der Waals surface area contributed by atoms with E-state index < -0.39 is 23.4 Å². The molecule has 1 aliphatic heterocycles. The molecule has 240 valence electrons. The SMILES string of the molecule is CC(C)(C)OC(=O)/N=C(/NC(=O)OC(C)(C)C)N1CCN(Cc2cccnc2SC(c2ccccc2)c2ccc(Br)cc2)CC1. The molecule has 3 aromatic rings. The molecular formula is C34H42BrN5O4S. The van der Waals surface area contributed by atoms with Gasteiger partial charge in [-0.25, -0.2) is 14.6 Å². The number of carbonyl (C=O) groups excluding carboxylic acids is 2. The Morgan fingerprint density at radius 2 is 1.51 bits per heavy atom. The van der Waals surface area contributed by atoms with Crippen LogP contribution in [0.3, 0.4) is 0 Å². The van der Waals surface area contributed by atoms with Crippen LogP contribution in [0.4, 0.5) is 9.59 Å². The Balaban J connectivity index is 1.47. The Bertz CT molecular complexity index is 1460. The van der Waals surface area contributed by atoms with Crippen LogP contribution in [-0.4, -0.2) is 70.3 Å². The van der Waals surface area contributed by atoms with Crippen LogP contribution in [0.15, 0.2) is 87.4 Å². The summed E-state index contributed by atoms with van der Waals surface area (Å²) in [7, 11) is 0. The first kappa shape index (κ1) is 34.5. The molecule has 2 aromatic carbocycles. The molecule has 11 heteroatoms. The van der Waals surface area contributed by atoms with E-state index in [1.165, 1.54) is 11.1 Å². The largest absolute Gasteiger partial charge is 0.444 e. The van der Waals surface area contributed by atoms with Crippen LogP contribution in [0.5, 0.6) is 0 Å². The zero-order chi connectivity index (χ0) is 32.6. The van der Waals surface area contributed by atoms with Gasteiger partial charge in [0, 0.05) is 43.4 Å². The summed E-state index contributed by atoms with van der Waals surface area (Å²) in [5, 5.41) is 3.73. The third-order valence-corrected chi connectivity index (χ3v) is 8.52. The van der Waals surface area contributed by atoms with Gasteiger partial charge in [-0.2, -0.15) is 0 Å². The van der Waals surface area contributed by atoms with Crippen LogP contribution < -0.4 is 5.32 Å². The fraction of sp³-hybridized carbons (Fsp3) is 0.412. The lowest BCUT2D eigenvalue weighted by atomic mass is 10.0. The molecule has 1 aliphatic rings. The molecule has 0 bridgehead atoms. The summed E-state index contributed by atoms with van der Waals surface area (Å²) in [5.41, 5.74) is 2.14. The number of rotatable bonds is 6. The van der Waals surface area contributed by atoms with Gasteiger partial charge in [-0.1, -0.05) is 76.2 Å². The van der Waals surface area contributed by atoms with E-state index in [-0.39, 0.29) is 11.2 Å². The average molecular weight is 697 g/mol. The topological polar surface area (TPSA) is 96.4 Å². The number of guanidine groups is 1. The van der Waals surface area contributed by atoms with Crippen LogP contribution in [-0.2, 0) is 16.0 Å². The lowest BCUT2D eigenvalue weighted by Gasteiger charge is -2.36. The van der Waals surface area contributed by atoms with Gasteiger partial charge in [0.25, 0.3) is 0 Å². The molecule has 0 radical (unpaired) electrons. The number of ether oxygens (including phenoxy) is 2. The van der Waals surface area contributed by atoms with Crippen molar-refractivity contribution in [1.82, 2.24) is 20.1 Å². The monoisotopic (exact) mass is 695 g/mol. The number of nitrogens with zero attached hydrogens (tertiary/aromatic N) is 4. The first-order chi connectivity index (χ1) is 21.3. The maximum atomic E-state index is 12.6. The average Bonchev–Trinajstić information content (AvgIpc) is 2.96. The Morgan fingerprint density at radius 3 is 2.13 bits per heavy atom. The highest BCUT2D eigenvalue weighted by Gasteiger charge is 2.27. The number of halogens is 1. The van der Waals surface area contributed by atoms with Crippen molar-refractivity contribution in [2.24, 2.45) is 4.99 Å². The van der Waals surface area contributed by atoms with E-state index in [0.29, 0.717) is 32.7 Å². The minimum absolute atomic E-state index is 0.0790. The van der Waals surface area contributed by atoms with Crippen LogP contribution in [0.25, 0.3) is 0 Å². The van der Waals surface area contributed by atoms with E-state index >= 15 is 0 Å². The number of aromatic nitrogens is 1.